The van der Waals surface area contributed by atoms with Crippen molar-refractivity contribution < 1.29 is 14.3 Å². The Morgan fingerprint density at radius 1 is 1.53 bits per heavy atom. The second kappa shape index (κ2) is 6.19. The molecule has 0 unspecified atom stereocenters. The third-order valence-corrected chi connectivity index (χ3v) is 4.79. The quantitative estimate of drug-likeness (QED) is 0.861. The molecule has 0 spiro atoms. The van der Waals surface area contributed by atoms with Gasteiger partial charge in [-0.2, -0.15) is 0 Å². The van der Waals surface area contributed by atoms with Gasteiger partial charge in [0, 0.05) is 11.9 Å². The van der Waals surface area contributed by atoms with E-state index >= 15 is 0 Å². The highest BCUT2D eigenvalue weighted by molar-refractivity contribution is 7.14. The average molecular weight is 281 g/mol. The van der Waals surface area contributed by atoms with E-state index in [4.69, 9.17) is 4.74 Å². The van der Waals surface area contributed by atoms with Gasteiger partial charge in [0.05, 0.1) is 0 Å². The average Bonchev–Trinajstić information content (AvgIpc) is 2.86. The predicted molar refractivity (Wildman–Crippen MR) is 74.5 cm³/mol. The second-order valence-corrected chi connectivity index (χ2v) is 5.96. The van der Waals surface area contributed by atoms with Crippen LogP contribution < -0.4 is 5.32 Å². The summed E-state index contributed by atoms with van der Waals surface area (Å²) in [5.41, 5.74) is 1.29. The molecule has 19 heavy (non-hydrogen) atoms. The van der Waals surface area contributed by atoms with Crippen molar-refractivity contribution in [2.24, 2.45) is 5.92 Å². The normalized spacial score (nSPS) is 17.7. The summed E-state index contributed by atoms with van der Waals surface area (Å²) in [6.45, 7) is 2.00. The molecule has 0 aromatic carbocycles. The SMILES string of the molecule is CC[C@@H]1CCc2sc(C(=O)OCC(=O)NC)cc2C1. The van der Waals surface area contributed by atoms with E-state index in [1.165, 1.54) is 41.7 Å². The number of likely N-dealkylation sites (N-methyl/N-ethyl adjacent to an activating group) is 1. The molecule has 104 valence electrons. The summed E-state index contributed by atoms with van der Waals surface area (Å²) in [6, 6.07) is 1.94. The van der Waals surface area contributed by atoms with E-state index in [1.54, 1.807) is 0 Å². The van der Waals surface area contributed by atoms with Gasteiger partial charge in [0.1, 0.15) is 4.88 Å². The Bertz CT molecular complexity index is 481. The van der Waals surface area contributed by atoms with Gasteiger partial charge in [-0.1, -0.05) is 13.3 Å². The first kappa shape index (κ1) is 14.1. The van der Waals surface area contributed by atoms with Crippen molar-refractivity contribution >= 4 is 23.2 Å². The molecule has 0 bridgehead atoms. The topological polar surface area (TPSA) is 55.4 Å². The summed E-state index contributed by atoms with van der Waals surface area (Å²) < 4.78 is 4.97. The van der Waals surface area contributed by atoms with E-state index in [9.17, 15) is 9.59 Å². The number of rotatable bonds is 4. The molecule has 1 heterocycles. The van der Waals surface area contributed by atoms with Crippen molar-refractivity contribution in [2.45, 2.75) is 32.6 Å². The Balaban J connectivity index is 2.00. The number of hydrogen-bond donors (Lipinski definition) is 1. The minimum atomic E-state index is -0.393. The first-order chi connectivity index (χ1) is 9.13. The number of carbonyl (C=O) groups is 2. The molecular weight excluding hydrogens is 262 g/mol. The van der Waals surface area contributed by atoms with Crippen LogP contribution in [0.15, 0.2) is 6.07 Å². The number of amides is 1. The van der Waals surface area contributed by atoms with Crippen LogP contribution in [0.3, 0.4) is 0 Å². The molecule has 1 aromatic rings. The number of hydrogen-bond acceptors (Lipinski definition) is 4. The maximum absolute atomic E-state index is 11.8. The lowest BCUT2D eigenvalue weighted by atomic mass is 9.87. The molecule has 4 nitrogen and oxygen atoms in total. The summed E-state index contributed by atoms with van der Waals surface area (Å²) in [5.74, 6) is 0.0496. The fraction of sp³-hybridized carbons (Fsp3) is 0.571. The zero-order chi connectivity index (χ0) is 13.8. The Morgan fingerprint density at radius 2 is 2.32 bits per heavy atom. The zero-order valence-electron chi connectivity index (χ0n) is 11.3. The lowest BCUT2D eigenvalue weighted by molar-refractivity contribution is -0.123. The van der Waals surface area contributed by atoms with E-state index in [0.29, 0.717) is 4.88 Å². The third kappa shape index (κ3) is 3.35. The maximum atomic E-state index is 11.8. The molecule has 1 aromatic heterocycles. The van der Waals surface area contributed by atoms with Crippen LogP contribution in [-0.2, 0) is 22.4 Å². The van der Waals surface area contributed by atoms with Gasteiger partial charge in [-0.3, -0.25) is 4.79 Å². The van der Waals surface area contributed by atoms with Crippen LogP contribution >= 0.6 is 11.3 Å². The van der Waals surface area contributed by atoms with Gasteiger partial charge in [0.25, 0.3) is 5.91 Å². The third-order valence-electron chi connectivity index (χ3n) is 3.58. The number of carbonyl (C=O) groups excluding carboxylic acids is 2. The van der Waals surface area contributed by atoms with E-state index in [0.717, 1.165) is 18.8 Å². The van der Waals surface area contributed by atoms with E-state index < -0.39 is 5.97 Å². The maximum Gasteiger partial charge on any atom is 0.348 e. The minimum absolute atomic E-state index is 0.213. The number of thiophene rings is 1. The molecule has 0 radical (unpaired) electrons. The molecule has 1 N–H and O–H groups in total. The van der Waals surface area contributed by atoms with Crippen LogP contribution in [0.5, 0.6) is 0 Å². The molecule has 0 aliphatic heterocycles. The van der Waals surface area contributed by atoms with Crippen molar-refractivity contribution in [3.63, 3.8) is 0 Å². The van der Waals surface area contributed by atoms with Crippen molar-refractivity contribution in [2.75, 3.05) is 13.7 Å². The van der Waals surface area contributed by atoms with Gasteiger partial charge in [0.2, 0.25) is 0 Å². The summed E-state index contributed by atoms with van der Waals surface area (Å²) in [7, 11) is 1.52. The first-order valence-electron chi connectivity index (χ1n) is 6.63. The van der Waals surface area contributed by atoms with Crippen LogP contribution in [0.25, 0.3) is 0 Å². The molecule has 2 rings (SSSR count). The number of esters is 1. The van der Waals surface area contributed by atoms with E-state index in [-0.39, 0.29) is 12.5 Å². The summed E-state index contributed by atoms with van der Waals surface area (Å²) >= 11 is 1.51. The van der Waals surface area contributed by atoms with Gasteiger partial charge < -0.3 is 10.1 Å². The van der Waals surface area contributed by atoms with Crippen molar-refractivity contribution in [3.05, 3.63) is 21.4 Å². The Morgan fingerprint density at radius 3 is 3.00 bits per heavy atom. The lowest BCUT2D eigenvalue weighted by Gasteiger charge is -2.19. The Kier molecular flexibility index (Phi) is 4.58. The number of aryl methyl sites for hydroxylation is 1. The van der Waals surface area contributed by atoms with Crippen molar-refractivity contribution in [1.82, 2.24) is 5.32 Å². The highest BCUT2D eigenvalue weighted by Gasteiger charge is 2.22. The molecule has 0 fully saturated rings. The van der Waals surface area contributed by atoms with E-state index in [2.05, 4.69) is 12.2 Å². The van der Waals surface area contributed by atoms with Crippen LogP contribution in [0.1, 0.15) is 39.9 Å². The molecule has 1 atom stereocenters. The smallest absolute Gasteiger partial charge is 0.348 e. The molecule has 1 amide bonds. The van der Waals surface area contributed by atoms with Gasteiger partial charge >= 0.3 is 5.97 Å². The predicted octanol–water partition coefficient (Wildman–Crippen LogP) is 2.17. The largest absolute Gasteiger partial charge is 0.451 e. The lowest BCUT2D eigenvalue weighted by Crippen LogP contribution is -2.24. The molecular formula is C14H19NO3S. The molecule has 1 aliphatic rings. The molecule has 0 saturated carbocycles. The van der Waals surface area contributed by atoms with Gasteiger partial charge in [0.15, 0.2) is 6.61 Å². The monoisotopic (exact) mass is 281 g/mol. The van der Waals surface area contributed by atoms with Crippen LogP contribution in [0.2, 0.25) is 0 Å². The number of fused-ring (bicyclic) bond motifs is 1. The molecule has 0 saturated heterocycles. The van der Waals surface area contributed by atoms with Crippen LogP contribution in [0, 0.1) is 5.92 Å². The summed E-state index contributed by atoms with van der Waals surface area (Å²) in [5, 5.41) is 2.42. The summed E-state index contributed by atoms with van der Waals surface area (Å²) in [6.07, 6.45) is 4.51. The Labute approximate surface area is 117 Å². The molecule has 1 aliphatic carbocycles. The highest BCUT2D eigenvalue weighted by Crippen LogP contribution is 2.33. The second-order valence-electron chi connectivity index (χ2n) is 4.83. The fourth-order valence-electron chi connectivity index (χ4n) is 2.32. The fourth-order valence-corrected chi connectivity index (χ4v) is 3.42. The summed E-state index contributed by atoms with van der Waals surface area (Å²) in [4.78, 5) is 24.8. The van der Waals surface area contributed by atoms with Crippen LogP contribution in [0.4, 0.5) is 0 Å². The van der Waals surface area contributed by atoms with E-state index in [1.807, 2.05) is 6.07 Å². The zero-order valence-corrected chi connectivity index (χ0v) is 12.1. The number of nitrogens with one attached hydrogen (secondary N) is 1. The van der Waals surface area contributed by atoms with Gasteiger partial charge in [-0.05, 0) is 36.8 Å². The number of ether oxygens (including phenoxy) is 1. The standard InChI is InChI=1S/C14H19NO3S/c1-3-9-4-5-11-10(6-9)7-12(19-11)14(17)18-8-13(16)15-2/h7,9H,3-6,8H2,1-2H3,(H,15,16)/t9-/m1/s1. The van der Waals surface area contributed by atoms with Gasteiger partial charge in [-0.25, -0.2) is 4.79 Å². The van der Waals surface area contributed by atoms with Crippen molar-refractivity contribution in [3.8, 4) is 0 Å². The van der Waals surface area contributed by atoms with Crippen molar-refractivity contribution in [1.29, 1.82) is 0 Å². The molecule has 5 heteroatoms. The Hall–Kier alpha value is -1.36. The minimum Gasteiger partial charge on any atom is -0.451 e. The van der Waals surface area contributed by atoms with Gasteiger partial charge in [-0.15, -0.1) is 11.3 Å². The first-order valence-corrected chi connectivity index (χ1v) is 7.45. The highest BCUT2D eigenvalue weighted by atomic mass is 32.1. The van der Waals surface area contributed by atoms with Crippen LogP contribution in [-0.4, -0.2) is 25.5 Å².